The minimum atomic E-state index is 0.448. The molecule has 0 heterocycles. The minimum absolute atomic E-state index is 0.448. The van der Waals surface area contributed by atoms with Gasteiger partial charge >= 0.3 is 0 Å². The van der Waals surface area contributed by atoms with Crippen LogP contribution >= 0.6 is 0 Å². The molecule has 0 N–H and O–H groups in total. The lowest BCUT2D eigenvalue weighted by atomic mass is 9.68. The maximum atomic E-state index is 8.92. The summed E-state index contributed by atoms with van der Waals surface area (Å²) in [5.41, 5.74) is 0.801. The molecule has 1 fully saturated rings. The molecule has 1 nitrogen and oxygen atoms in total. The molecule has 3 unspecified atom stereocenters. The van der Waals surface area contributed by atoms with Gasteiger partial charge in [-0.15, -0.1) is 0 Å². The van der Waals surface area contributed by atoms with E-state index in [0.29, 0.717) is 17.8 Å². The molecule has 0 spiro atoms. The predicted octanol–water partition coefficient (Wildman–Crippen LogP) is 3.77. The highest BCUT2D eigenvalue weighted by Crippen LogP contribution is 2.40. The van der Waals surface area contributed by atoms with Gasteiger partial charge < -0.3 is 0 Å². The minimum Gasteiger partial charge on any atom is -0.193 e. The Kier molecular flexibility index (Phi) is 3.75. The fourth-order valence-electron chi connectivity index (χ4n) is 2.69. The van der Waals surface area contributed by atoms with Gasteiger partial charge in [-0.3, -0.25) is 0 Å². The van der Waals surface area contributed by atoms with Crippen molar-refractivity contribution in [2.75, 3.05) is 0 Å². The molecule has 0 amide bonds. The molecule has 3 atom stereocenters. The fourth-order valence-corrected chi connectivity index (χ4v) is 2.69. The molecule has 0 aromatic heterocycles. The van der Waals surface area contributed by atoms with Crippen molar-refractivity contribution < 1.29 is 0 Å². The van der Waals surface area contributed by atoms with E-state index in [1.807, 2.05) is 0 Å². The monoisotopic (exact) mass is 191 g/mol. The molecule has 1 heteroatoms. The summed E-state index contributed by atoms with van der Waals surface area (Å²) in [6.07, 6.45) is 3.75. The van der Waals surface area contributed by atoms with Crippen molar-refractivity contribution in [2.24, 2.45) is 23.7 Å². The van der Waals surface area contributed by atoms with Gasteiger partial charge in [0.15, 0.2) is 0 Å². The number of nitrogens with zero attached hydrogens (tertiary/aromatic N) is 1. The summed E-state index contributed by atoms with van der Waals surface area (Å²) in [7, 11) is 0. The van der Waals surface area contributed by atoms with Crippen LogP contribution in [0.25, 0.3) is 0 Å². The van der Waals surface area contributed by atoms with E-state index in [0.717, 1.165) is 17.9 Å². The summed E-state index contributed by atoms with van der Waals surface area (Å²) in [5.74, 6) is 2.57. The Labute approximate surface area is 87.8 Å². The molecule has 0 aliphatic heterocycles. The van der Waals surface area contributed by atoms with Crippen LogP contribution in [0.1, 0.15) is 40.0 Å². The summed E-state index contributed by atoms with van der Waals surface area (Å²) >= 11 is 0. The van der Waals surface area contributed by atoms with E-state index >= 15 is 0 Å². The van der Waals surface area contributed by atoms with Crippen molar-refractivity contribution in [1.82, 2.24) is 0 Å². The first-order valence-electron chi connectivity index (χ1n) is 5.65. The van der Waals surface area contributed by atoms with E-state index in [4.69, 9.17) is 5.26 Å². The van der Waals surface area contributed by atoms with E-state index in [9.17, 15) is 0 Å². The van der Waals surface area contributed by atoms with E-state index in [1.165, 1.54) is 12.8 Å². The van der Waals surface area contributed by atoms with E-state index < -0.39 is 0 Å². The second-order valence-electron chi connectivity index (χ2n) is 5.07. The maximum Gasteiger partial charge on any atom is 0.0943 e. The van der Waals surface area contributed by atoms with E-state index in [1.54, 1.807) is 0 Å². The summed E-state index contributed by atoms with van der Waals surface area (Å²) in [4.78, 5) is 0. The zero-order chi connectivity index (χ0) is 10.7. The second-order valence-corrected chi connectivity index (χ2v) is 5.07. The third-order valence-corrected chi connectivity index (χ3v) is 3.61. The van der Waals surface area contributed by atoms with E-state index in [-0.39, 0.29) is 0 Å². The van der Waals surface area contributed by atoms with Gasteiger partial charge in [-0.25, -0.2) is 0 Å². The third-order valence-electron chi connectivity index (χ3n) is 3.61. The van der Waals surface area contributed by atoms with Crippen molar-refractivity contribution in [2.45, 2.75) is 40.0 Å². The number of rotatable bonds is 2. The van der Waals surface area contributed by atoms with Gasteiger partial charge in [0.2, 0.25) is 0 Å². The van der Waals surface area contributed by atoms with Crippen LogP contribution in [0.2, 0.25) is 0 Å². The average Bonchev–Trinajstić information content (AvgIpc) is 2.16. The van der Waals surface area contributed by atoms with Gasteiger partial charge in [0.25, 0.3) is 0 Å². The number of allylic oxidation sites excluding steroid dienone is 1. The fraction of sp³-hybridized carbons (Fsp3) is 0.769. The smallest absolute Gasteiger partial charge is 0.0943 e. The van der Waals surface area contributed by atoms with Gasteiger partial charge in [0.1, 0.15) is 0 Å². The van der Waals surface area contributed by atoms with Crippen molar-refractivity contribution in [3.8, 4) is 6.07 Å². The van der Waals surface area contributed by atoms with Gasteiger partial charge in [0.05, 0.1) is 6.07 Å². The standard InChI is InChI=1S/C13H21N/c1-9(2)12-6-5-10(3)7-13(12)11(4)8-14/h9-10,12-13H,4-7H2,1-3H3. The highest BCUT2D eigenvalue weighted by Gasteiger charge is 2.32. The highest BCUT2D eigenvalue weighted by atomic mass is 14.4. The molecule has 78 valence electrons. The Morgan fingerprint density at radius 1 is 1.43 bits per heavy atom. The Hall–Kier alpha value is -0.770. The zero-order valence-electron chi connectivity index (χ0n) is 9.59. The molecule has 0 saturated heterocycles. The average molecular weight is 191 g/mol. The third kappa shape index (κ3) is 2.38. The summed E-state index contributed by atoms with van der Waals surface area (Å²) in [6, 6.07) is 2.25. The Morgan fingerprint density at radius 3 is 2.57 bits per heavy atom. The maximum absolute atomic E-state index is 8.92. The van der Waals surface area contributed by atoms with E-state index in [2.05, 4.69) is 33.4 Å². The molecule has 0 bridgehead atoms. The Bertz CT molecular complexity index is 246. The van der Waals surface area contributed by atoms with Crippen LogP contribution in [0.5, 0.6) is 0 Å². The molecule has 1 rings (SSSR count). The molecule has 1 saturated carbocycles. The van der Waals surface area contributed by atoms with Gasteiger partial charge in [0, 0.05) is 5.57 Å². The number of hydrogen-bond acceptors (Lipinski definition) is 1. The predicted molar refractivity (Wildman–Crippen MR) is 59.6 cm³/mol. The van der Waals surface area contributed by atoms with Crippen molar-refractivity contribution in [3.63, 3.8) is 0 Å². The molecule has 0 aromatic carbocycles. The van der Waals surface area contributed by atoms with Crippen molar-refractivity contribution in [1.29, 1.82) is 5.26 Å². The highest BCUT2D eigenvalue weighted by molar-refractivity contribution is 5.21. The van der Waals surface area contributed by atoms with Crippen LogP contribution < -0.4 is 0 Å². The van der Waals surface area contributed by atoms with Crippen LogP contribution in [-0.2, 0) is 0 Å². The second kappa shape index (κ2) is 4.64. The largest absolute Gasteiger partial charge is 0.193 e. The molecular weight excluding hydrogens is 170 g/mol. The van der Waals surface area contributed by atoms with Gasteiger partial charge in [-0.2, -0.15) is 5.26 Å². The first kappa shape index (κ1) is 11.3. The SMILES string of the molecule is C=C(C#N)C1CC(C)CCC1C(C)C. The Balaban J connectivity index is 2.74. The molecule has 0 aromatic rings. The quantitative estimate of drug-likeness (QED) is 0.609. The van der Waals surface area contributed by atoms with Crippen molar-refractivity contribution in [3.05, 3.63) is 12.2 Å². The van der Waals surface area contributed by atoms with Crippen LogP contribution in [0.15, 0.2) is 12.2 Å². The topological polar surface area (TPSA) is 23.8 Å². The van der Waals surface area contributed by atoms with Crippen LogP contribution in [0.4, 0.5) is 0 Å². The normalized spacial score (nSPS) is 32.6. The van der Waals surface area contributed by atoms with Crippen molar-refractivity contribution >= 4 is 0 Å². The molecule has 1 aliphatic carbocycles. The van der Waals surface area contributed by atoms with Crippen LogP contribution in [-0.4, -0.2) is 0 Å². The molecular formula is C13H21N. The number of hydrogen-bond donors (Lipinski definition) is 0. The van der Waals surface area contributed by atoms with Gasteiger partial charge in [-0.1, -0.05) is 33.8 Å². The van der Waals surface area contributed by atoms with Crippen LogP contribution in [0, 0.1) is 35.0 Å². The van der Waals surface area contributed by atoms with Gasteiger partial charge in [-0.05, 0) is 36.5 Å². The molecule has 1 aliphatic rings. The Morgan fingerprint density at radius 2 is 2.07 bits per heavy atom. The zero-order valence-corrected chi connectivity index (χ0v) is 9.59. The van der Waals surface area contributed by atoms with Crippen LogP contribution in [0.3, 0.4) is 0 Å². The first-order valence-corrected chi connectivity index (χ1v) is 5.65. The molecule has 14 heavy (non-hydrogen) atoms. The lowest BCUT2D eigenvalue weighted by Gasteiger charge is -2.36. The summed E-state index contributed by atoms with van der Waals surface area (Å²) < 4.78 is 0. The molecule has 0 radical (unpaired) electrons. The first-order chi connectivity index (χ1) is 6.56. The summed E-state index contributed by atoms with van der Waals surface area (Å²) in [6.45, 7) is 10.7. The summed E-state index contributed by atoms with van der Waals surface area (Å²) in [5, 5.41) is 8.92. The lowest BCUT2D eigenvalue weighted by molar-refractivity contribution is 0.173. The number of nitriles is 1. The lowest BCUT2D eigenvalue weighted by Crippen LogP contribution is -2.28.